The first-order chi connectivity index (χ1) is 9.82. The molecular formula is C15H22N2O3S. The molecule has 1 aliphatic rings. The fourth-order valence-corrected chi connectivity index (χ4v) is 3.41. The molecule has 0 spiro atoms. The molecule has 0 aromatic heterocycles. The van der Waals surface area contributed by atoms with Gasteiger partial charge in [0, 0.05) is 6.04 Å². The zero-order valence-electron chi connectivity index (χ0n) is 12.7. The summed E-state index contributed by atoms with van der Waals surface area (Å²) in [5, 5.41) is 2.85. The molecule has 0 saturated heterocycles. The van der Waals surface area contributed by atoms with E-state index >= 15 is 0 Å². The summed E-state index contributed by atoms with van der Waals surface area (Å²) in [6.07, 6.45) is 3.96. The molecule has 6 heteroatoms. The average molecular weight is 310 g/mol. The molecule has 2 rings (SSSR count). The lowest BCUT2D eigenvalue weighted by molar-refractivity contribution is -0.121. The Labute approximate surface area is 126 Å². The summed E-state index contributed by atoms with van der Waals surface area (Å²) >= 11 is 0. The van der Waals surface area contributed by atoms with Gasteiger partial charge in [0.25, 0.3) is 0 Å². The quantitative estimate of drug-likeness (QED) is 0.869. The van der Waals surface area contributed by atoms with E-state index < -0.39 is 16.1 Å². The number of carbonyl (C=O) groups is 1. The van der Waals surface area contributed by atoms with Gasteiger partial charge in [-0.1, -0.05) is 19.1 Å². The lowest BCUT2D eigenvalue weighted by Crippen LogP contribution is -2.48. The van der Waals surface area contributed by atoms with Gasteiger partial charge in [0.05, 0.1) is 11.9 Å². The Bertz CT molecular complexity index is 606. The number of nitrogens with one attached hydrogen (secondary N) is 1. The molecule has 0 bridgehead atoms. The second-order valence-electron chi connectivity index (χ2n) is 5.54. The molecule has 1 aromatic rings. The molecule has 1 amide bonds. The fraction of sp³-hybridized carbons (Fsp3) is 0.533. The van der Waals surface area contributed by atoms with Crippen LogP contribution >= 0.6 is 0 Å². The van der Waals surface area contributed by atoms with E-state index in [-0.39, 0.29) is 11.9 Å². The van der Waals surface area contributed by atoms with Gasteiger partial charge >= 0.3 is 0 Å². The van der Waals surface area contributed by atoms with Crippen LogP contribution in [0.2, 0.25) is 0 Å². The van der Waals surface area contributed by atoms with Gasteiger partial charge in [-0.05, 0) is 43.9 Å². The summed E-state index contributed by atoms with van der Waals surface area (Å²) in [6.45, 7) is 3.65. The number of benzene rings is 1. The van der Waals surface area contributed by atoms with E-state index in [1.54, 1.807) is 19.1 Å². The third kappa shape index (κ3) is 3.97. The number of carbonyl (C=O) groups excluding carboxylic acids is 1. The number of hydrogen-bond acceptors (Lipinski definition) is 3. The van der Waals surface area contributed by atoms with E-state index in [4.69, 9.17) is 0 Å². The van der Waals surface area contributed by atoms with Crippen molar-refractivity contribution >= 4 is 21.6 Å². The van der Waals surface area contributed by atoms with Gasteiger partial charge in [-0.3, -0.25) is 9.10 Å². The van der Waals surface area contributed by atoms with Crippen LogP contribution in [0.1, 0.15) is 32.3 Å². The molecule has 0 radical (unpaired) electrons. The number of aryl methyl sites for hydroxylation is 1. The summed E-state index contributed by atoms with van der Waals surface area (Å²) in [5.41, 5.74) is 1.65. The lowest BCUT2D eigenvalue weighted by atomic mass is 10.1. The van der Waals surface area contributed by atoms with Crippen molar-refractivity contribution in [1.29, 1.82) is 0 Å². The summed E-state index contributed by atoms with van der Waals surface area (Å²) in [5.74, 6) is -0.248. The Hall–Kier alpha value is -1.56. The predicted molar refractivity (Wildman–Crippen MR) is 83.8 cm³/mol. The Morgan fingerprint density at radius 3 is 2.33 bits per heavy atom. The summed E-state index contributed by atoms with van der Waals surface area (Å²) in [6, 6.07) is 6.73. The van der Waals surface area contributed by atoms with Gasteiger partial charge in [-0.15, -0.1) is 0 Å². The standard InChI is InChI=1S/C15H22N2O3S/c1-4-12-5-9-14(10-6-12)17(21(3,19)20)11(2)15(18)16-13-7-8-13/h5-6,9-11,13H,4,7-8H2,1-3H3,(H,16,18)/t11-/m0/s1. The van der Waals surface area contributed by atoms with Crippen molar-refractivity contribution in [2.45, 2.75) is 45.2 Å². The number of anilines is 1. The second-order valence-corrected chi connectivity index (χ2v) is 7.40. The summed E-state index contributed by atoms with van der Waals surface area (Å²) in [7, 11) is -3.52. The SMILES string of the molecule is CCc1ccc(N([C@@H](C)C(=O)NC2CC2)S(C)(=O)=O)cc1. The number of hydrogen-bond donors (Lipinski definition) is 1. The third-order valence-electron chi connectivity index (χ3n) is 3.61. The van der Waals surface area contributed by atoms with E-state index in [9.17, 15) is 13.2 Å². The van der Waals surface area contributed by atoms with Gasteiger partial charge in [0.15, 0.2) is 0 Å². The van der Waals surface area contributed by atoms with Crippen LogP contribution in [-0.2, 0) is 21.2 Å². The van der Waals surface area contributed by atoms with E-state index in [0.717, 1.165) is 31.1 Å². The Balaban J connectivity index is 2.26. The largest absolute Gasteiger partial charge is 0.352 e. The number of nitrogens with zero attached hydrogens (tertiary/aromatic N) is 1. The van der Waals surface area contributed by atoms with Crippen LogP contribution in [0, 0.1) is 0 Å². The van der Waals surface area contributed by atoms with Crippen molar-refractivity contribution in [2.75, 3.05) is 10.6 Å². The van der Waals surface area contributed by atoms with E-state index in [1.807, 2.05) is 19.1 Å². The minimum absolute atomic E-state index is 0.212. The smallest absolute Gasteiger partial charge is 0.243 e. The molecule has 1 aromatic carbocycles. The van der Waals surface area contributed by atoms with Crippen LogP contribution < -0.4 is 9.62 Å². The topological polar surface area (TPSA) is 66.5 Å². The predicted octanol–water partition coefficient (Wildman–Crippen LogP) is 1.68. The number of sulfonamides is 1. The van der Waals surface area contributed by atoms with Crippen LogP contribution in [-0.4, -0.2) is 32.7 Å². The number of amides is 1. The molecule has 5 nitrogen and oxygen atoms in total. The second kappa shape index (κ2) is 6.05. The zero-order valence-corrected chi connectivity index (χ0v) is 13.5. The summed E-state index contributed by atoms with van der Waals surface area (Å²) in [4.78, 5) is 12.2. The maximum absolute atomic E-state index is 12.2. The minimum Gasteiger partial charge on any atom is -0.352 e. The molecular weight excluding hydrogens is 288 g/mol. The van der Waals surface area contributed by atoms with Crippen LogP contribution in [0.5, 0.6) is 0 Å². The average Bonchev–Trinajstić information content (AvgIpc) is 3.22. The molecule has 0 aliphatic heterocycles. The van der Waals surface area contributed by atoms with Gasteiger partial charge < -0.3 is 5.32 Å². The molecule has 1 atom stereocenters. The van der Waals surface area contributed by atoms with E-state index in [0.29, 0.717) is 5.69 Å². The van der Waals surface area contributed by atoms with Crippen molar-refractivity contribution in [3.05, 3.63) is 29.8 Å². The van der Waals surface area contributed by atoms with Crippen LogP contribution in [0.25, 0.3) is 0 Å². The molecule has 1 saturated carbocycles. The van der Waals surface area contributed by atoms with Crippen molar-refractivity contribution in [3.63, 3.8) is 0 Å². The monoisotopic (exact) mass is 310 g/mol. The fourth-order valence-electron chi connectivity index (χ4n) is 2.24. The summed E-state index contributed by atoms with van der Waals surface area (Å²) < 4.78 is 25.3. The lowest BCUT2D eigenvalue weighted by Gasteiger charge is -2.28. The van der Waals surface area contributed by atoms with Crippen LogP contribution in [0.15, 0.2) is 24.3 Å². The molecule has 0 unspecified atom stereocenters. The molecule has 0 heterocycles. The van der Waals surface area contributed by atoms with Crippen molar-refractivity contribution < 1.29 is 13.2 Å². The Morgan fingerprint density at radius 1 is 1.33 bits per heavy atom. The highest BCUT2D eigenvalue weighted by Gasteiger charge is 2.32. The maximum Gasteiger partial charge on any atom is 0.243 e. The first-order valence-electron chi connectivity index (χ1n) is 7.21. The van der Waals surface area contributed by atoms with Gasteiger partial charge in [0.2, 0.25) is 15.9 Å². The molecule has 1 N–H and O–H groups in total. The Kier molecular flexibility index (Phi) is 4.56. The molecule has 1 fully saturated rings. The highest BCUT2D eigenvalue weighted by atomic mass is 32.2. The third-order valence-corrected chi connectivity index (χ3v) is 4.85. The zero-order chi connectivity index (χ0) is 15.6. The van der Waals surface area contributed by atoms with E-state index in [1.165, 1.54) is 4.31 Å². The maximum atomic E-state index is 12.2. The van der Waals surface area contributed by atoms with E-state index in [2.05, 4.69) is 5.32 Å². The van der Waals surface area contributed by atoms with Crippen LogP contribution in [0.4, 0.5) is 5.69 Å². The Morgan fingerprint density at radius 2 is 1.90 bits per heavy atom. The van der Waals surface area contributed by atoms with Gasteiger partial charge in [-0.2, -0.15) is 0 Å². The molecule has 116 valence electrons. The van der Waals surface area contributed by atoms with Crippen molar-refractivity contribution in [3.8, 4) is 0 Å². The van der Waals surface area contributed by atoms with Gasteiger partial charge in [-0.25, -0.2) is 8.42 Å². The van der Waals surface area contributed by atoms with Crippen molar-refractivity contribution in [2.24, 2.45) is 0 Å². The molecule has 1 aliphatic carbocycles. The van der Waals surface area contributed by atoms with Gasteiger partial charge in [0.1, 0.15) is 6.04 Å². The minimum atomic E-state index is -3.52. The molecule has 21 heavy (non-hydrogen) atoms. The van der Waals surface area contributed by atoms with Crippen molar-refractivity contribution in [1.82, 2.24) is 5.32 Å². The van der Waals surface area contributed by atoms with Crippen LogP contribution in [0.3, 0.4) is 0 Å². The highest BCUT2D eigenvalue weighted by molar-refractivity contribution is 7.92. The first-order valence-corrected chi connectivity index (χ1v) is 9.06. The highest BCUT2D eigenvalue weighted by Crippen LogP contribution is 2.23. The first kappa shape index (κ1) is 15.8. The number of rotatable bonds is 6. The normalized spacial score (nSPS) is 16.3.